The number of methoxy groups -OCH3 is 3. The van der Waals surface area contributed by atoms with Crippen LogP contribution in [0.4, 0.5) is 17.1 Å². The van der Waals surface area contributed by atoms with Gasteiger partial charge in [-0.2, -0.15) is 0 Å². The van der Waals surface area contributed by atoms with Crippen molar-refractivity contribution in [3.05, 3.63) is 374 Å². The Balaban J connectivity index is 0.000000261. The van der Waals surface area contributed by atoms with E-state index in [1.807, 2.05) is 84.9 Å². The number of nitrogens with one attached hydrogen (secondary N) is 3. The molecule has 0 unspecified atom stereocenters. The van der Waals surface area contributed by atoms with Crippen LogP contribution in [0.2, 0.25) is 0 Å². The van der Waals surface area contributed by atoms with Gasteiger partial charge in [-0.1, -0.05) is 210 Å². The number of rotatable bonds is 23. The number of hydrogen-bond donors (Lipinski definition) is 9. The summed E-state index contributed by atoms with van der Waals surface area (Å²) in [6.07, 6.45) is 0.528. The number of aliphatic hydroxyl groups is 2. The number of benzene rings is 9. The molecule has 3 aromatic heterocycles. The van der Waals surface area contributed by atoms with Crippen molar-refractivity contribution in [3.8, 4) is 45.8 Å². The number of aromatic carboxylic acids is 2. The maximum absolute atomic E-state index is 12.2. The van der Waals surface area contributed by atoms with Crippen LogP contribution in [0, 0.1) is 26.6 Å². The number of carbonyl (C=O) groups excluding carboxylic acids is 4. The van der Waals surface area contributed by atoms with E-state index in [4.69, 9.17) is 59.5 Å². The molecular formula is C91H85BrN10O21. The maximum atomic E-state index is 12.2. The molecule has 32 heteroatoms. The summed E-state index contributed by atoms with van der Waals surface area (Å²) in [7, 11) is 5.47. The molecule has 0 bridgehead atoms. The molecule has 0 atom stereocenters. The highest BCUT2D eigenvalue weighted by atomic mass is 79.9. The number of carboxylic acids is 3. The monoisotopic (exact) mass is 1730 g/mol. The second-order valence-corrected chi connectivity index (χ2v) is 25.3. The van der Waals surface area contributed by atoms with Crippen LogP contribution in [-0.4, -0.2) is 132 Å². The zero-order valence-corrected chi connectivity index (χ0v) is 68.9. The van der Waals surface area contributed by atoms with E-state index >= 15 is 0 Å². The van der Waals surface area contributed by atoms with Gasteiger partial charge in [0.05, 0.1) is 119 Å². The minimum Gasteiger partial charge on any atom is -0.481 e. The van der Waals surface area contributed by atoms with Crippen LogP contribution >= 0.6 is 15.9 Å². The third-order valence-corrected chi connectivity index (χ3v) is 16.8. The third-order valence-electron chi connectivity index (χ3n) is 16.1. The number of aryl methyl sites for hydroxylation is 1. The molecule has 123 heavy (non-hydrogen) atoms. The van der Waals surface area contributed by atoms with E-state index in [2.05, 4.69) is 80.3 Å². The van der Waals surface area contributed by atoms with Crippen molar-refractivity contribution in [2.75, 3.05) is 35.0 Å². The maximum Gasteiger partial charge on any atom is 0.337 e. The largest absolute Gasteiger partial charge is 0.481 e. The van der Waals surface area contributed by atoms with E-state index in [9.17, 15) is 47.9 Å². The number of esters is 4. The van der Waals surface area contributed by atoms with Crippen molar-refractivity contribution in [3.63, 3.8) is 0 Å². The number of aromatic nitrogens is 6. The Hall–Kier alpha value is -15.7. The van der Waals surface area contributed by atoms with E-state index in [0.29, 0.717) is 57.9 Å². The summed E-state index contributed by atoms with van der Waals surface area (Å²) in [6.45, 7) is 25.4. The van der Waals surface area contributed by atoms with Gasteiger partial charge in [-0.25, -0.2) is 48.7 Å². The lowest BCUT2D eigenvalue weighted by atomic mass is 10.1. The smallest absolute Gasteiger partial charge is 0.337 e. The number of nitrogens with zero attached hydrogens (tertiary/aromatic N) is 6. The van der Waals surface area contributed by atoms with Crippen LogP contribution in [0.1, 0.15) is 98.7 Å². The first-order valence-corrected chi connectivity index (χ1v) is 37.8. The molecule has 0 radical (unpaired) electrons. The Bertz CT molecular complexity index is 5870. The van der Waals surface area contributed by atoms with Gasteiger partial charge in [-0.3, -0.25) is 38.7 Å². The number of hydrogen-bond acceptors (Lipinski definition) is 22. The predicted octanol–water partition coefficient (Wildman–Crippen LogP) is 14.0. The molecule has 12 rings (SSSR count). The summed E-state index contributed by atoms with van der Waals surface area (Å²) in [5.41, 5.74) is 13.2. The lowest BCUT2D eigenvalue weighted by Crippen LogP contribution is -2.11. The molecule has 0 amide bonds. The van der Waals surface area contributed by atoms with Crippen molar-refractivity contribution in [1.29, 1.82) is 0 Å². The summed E-state index contributed by atoms with van der Waals surface area (Å²) in [5.74, 6) is -3.86. The summed E-state index contributed by atoms with van der Waals surface area (Å²) in [6, 6.07) is 67.7. The quantitative estimate of drug-likeness (QED) is 0.0124. The van der Waals surface area contributed by atoms with Gasteiger partial charge in [-0.15, -0.1) is 0 Å². The molecule has 31 nitrogen and oxygen atoms in total. The fraction of sp³-hybridized carbons (Fsp3) is 0.165. The molecule has 0 saturated heterocycles. The average Bonchev–Trinajstić information content (AvgIpc) is 0.815. The first kappa shape index (κ1) is 97.9. The highest BCUT2D eigenvalue weighted by Crippen LogP contribution is 2.29. The number of halogens is 1. The number of ether oxygens (including phenoxy) is 6. The Labute approximate surface area is 714 Å². The van der Waals surface area contributed by atoms with Gasteiger partial charge in [0.25, 0.3) is 45.8 Å². The van der Waals surface area contributed by atoms with Gasteiger partial charge < -0.3 is 64.7 Å². The minimum atomic E-state index is -1.06. The fourth-order valence-corrected chi connectivity index (χ4v) is 10.9. The van der Waals surface area contributed by atoms with Crippen molar-refractivity contribution in [1.82, 2.24) is 29.9 Å². The van der Waals surface area contributed by atoms with Crippen LogP contribution in [0.15, 0.2) is 251 Å². The lowest BCUT2D eigenvalue weighted by Gasteiger charge is -2.09. The number of carboxylic acid groups (broad SMARTS) is 3. The highest BCUT2D eigenvalue weighted by Gasteiger charge is 2.19. The number of aliphatic carboxylic acids is 1. The Kier molecular flexibility index (Phi) is 42.1. The number of H-pyrrole nitrogens is 3. The average molecular weight is 1730 g/mol. The molecule has 3 heterocycles. The van der Waals surface area contributed by atoms with Crippen LogP contribution in [0.5, 0.6) is 12.0 Å². The molecule has 0 aliphatic carbocycles. The number of aliphatic hydroxyl groups excluding tert-OH is 2. The van der Waals surface area contributed by atoms with Gasteiger partial charge in [0, 0.05) is 5.33 Å². The van der Waals surface area contributed by atoms with Crippen molar-refractivity contribution < 1.29 is 87.5 Å². The SMILES string of the molecule is CCOC(=O)Cc1cccc(CO)c1.CN.COC(=O)Cc1cccc(CBr)c1.COC(=O)c1cccc(C(=O)O)c1.COC(=O)c1cccc(CO)c1.[C-]#[N+]c1c(-c2ccccc2)nc(C)[nH]c1=O.[C-]#[N+]c1c(-c2ccccc2)nc(OCc2cccc(C(=O)O)c2)[nH]c1=O.[C-]#[N+]c1c(-c2ccccc2)nc(OCc2cccc(CC(=O)O)c2)[nH]c1=O. The van der Waals surface area contributed by atoms with Gasteiger partial charge in [-0.05, 0) is 125 Å². The van der Waals surface area contributed by atoms with E-state index in [1.165, 1.54) is 70.3 Å². The number of carbonyl (C=O) groups is 7. The van der Waals surface area contributed by atoms with Gasteiger partial charge in [0.2, 0.25) is 0 Å². The van der Waals surface area contributed by atoms with Gasteiger partial charge in [0.1, 0.15) is 19.0 Å². The third kappa shape index (κ3) is 33.0. The first-order chi connectivity index (χ1) is 59.3. The zero-order valence-electron chi connectivity index (χ0n) is 67.3. The predicted molar refractivity (Wildman–Crippen MR) is 460 cm³/mol. The topological polar surface area (TPSA) is 452 Å². The Morgan fingerprint density at radius 2 is 0.740 bits per heavy atom. The summed E-state index contributed by atoms with van der Waals surface area (Å²) in [4.78, 5) is 142. The van der Waals surface area contributed by atoms with Crippen molar-refractivity contribution in [2.45, 2.75) is 64.9 Å². The normalized spacial score (nSPS) is 9.75. The molecule has 12 aromatic rings. The standard InChI is InChI=1S/C20H15N3O4.C19H13N3O4.C12H9N3O.C11H14O3.C10H11BrO2.C9H8O4.C9H10O3.CH5N/c1-21-18-17(15-8-3-2-4-9-15)22-20(23-19(18)26)27-12-14-7-5-6-13(10-14)11-16(24)25;1-20-16-15(13-7-3-2-4-8-13)21-19(22-17(16)23)26-11-12-6-5-9-14(10-12)18(24)25;1-8-14-10(9-6-4-3-5-7-9)11(13-2)12(16)15-8;1-2-14-11(13)7-9-4-3-5-10(6-9)8-12;1-13-10(12)6-8-3-2-4-9(5-8)7-11;1-13-9(12)7-4-2-3-6(5-7)8(10)11;1-12-9(11)8-4-2-3-7(5-8)6-10;1-2/h2-10H,11-12H2,(H,24,25)(H,22,23,26);2-10H,11H2,(H,24,25)(H,21,22,23);3-7H,1H3,(H,14,15,16);3-6,12H,2,7-8H2,1H3;2-5H,6-7H2,1H3;2-5H,1H3,(H,10,11);2-5,10H,6H2,1H3;2H2,1H3. The van der Waals surface area contributed by atoms with E-state index < -0.39 is 35.0 Å². The molecule has 0 spiro atoms. The second kappa shape index (κ2) is 52.9. The Morgan fingerprint density at radius 3 is 1.15 bits per heavy atom. The minimum absolute atomic E-state index is 0.00331. The van der Waals surface area contributed by atoms with Crippen LogP contribution in [0.25, 0.3) is 48.3 Å². The summed E-state index contributed by atoms with van der Waals surface area (Å²) >= 11 is 3.36. The van der Waals surface area contributed by atoms with E-state index in [-0.39, 0.29) is 120 Å². The number of aromatic amines is 3. The van der Waals surface area contributed by atoms with Crippen LogP contribution < -0.4 is 31.9 Å². The summed E-state index contributed by atoms with van der Waals surface area (Å²) < 4.78 is 29.4. The molecule has 9 aromatic carbocycles. The second-order valence-electron chi connectivity index (χ2n) is 24.8. The van der Waals surface area contributed by atoms with Gasteiger partial charge in [0.15, 0.2) is 0 Å². The highest BCUT2D eigenvalue weighted by molar-refractivity contribution is 9.08. The molecule has 0 fully saturated rings. The number of alkyl halides is 1. The molecule has 10 N–H and O–H groups in total. The van der Waals surface area contributed by atoms with Gasteiger partial charge >= 0.3 is 41.8 Å². The van der Waals surface area contributed by atoms with Crippen molar-refractivity contribution >= 4 is 74.8 Å². The number of nitrogens with two attached hydrogens (primary N) is 1. The summed E-state index contributed by atoms with van der Waals surface area (Å²) in [5, 5.41) is 45.0. The molecule has 0 aliphatic heterocycles. The first-order valence-electron chi connectivity index (χ1n) is 36.7. The fourth-order valence-electron chi connectivity index (χ4n) is 10.5. The Morgan fingerprint density at radius 1 is 0.407 bits per heavy atom. The molecule has 0 aliphatic rings. The van der Waals surface area contributed by atoms with Crippen LogP contribution in [0.3, 0.4) is 0 Å². The van der Waals surface area contributed by atoms with Crippen molar-refractivity contribution in [2.24, 2.45) is 5.73 Å². The van der Waals surface area contributed by atoms with Crippen LogP contribution in [-0.2, 0) is 84.4 Å². The zero-order chi connectivity index (χ0) is 90.2. The van der Waals surface area contributed by atoms with E-state index in [0.717, 1.165) is 33.1 Å². The lowest BCUT2D eigenvalue weighted by molar-refractivity contribution is -0.142. The molecule has 0 saturated carbocycles. The molecule has 632 valence electrons. The molecular weight excluding hydrogens is 1650 g/mol. The van der Waals surface area contributed by atoms with E-state index in [1.54, 1.807) is 129 Å².